The summed E-state index contributed by atoms with van der Waals surface area (Å²) in [5.74, 6) is 0.922. The first-order chi connectivity index (χ1) is 8.16. The lowest BCUT2D eigenvalue weighted by Crippen LogP contribution is -2.22. The highest BCUT2D eigenvalue weighted by Gasteiger charge is 2.11. The van der Waals surface area contributed by atoms with Gasteiger partial charge in [-0.15, -0.1) is 0 Å². The first kappa shape index (κ1) is 11.4. The number of hydrogen-bond acceptors (Lipinski definition) is 3. The zero-order valence-corrected chi connectivity index (χ0v) is 9.86. The Labute approximate surface area is 99.7 Å². The van der Waals surface area contributed by atoms with Crippen LogP contribution in [0.5, 0.6) is 0 Å². The second-order valence-corrected chi connectivity index (χ2v) is 3.89. The topological polar surface area (TPSA) is 55.1 Å². The first-order valence-corrected chi connectivity index (χ1v) is 5.41. The van der Waals surface area contributed by atoms with Gasteiger partial charge in [-0.3, -0.25) is 9.78 Å². The zero-order chi connectivity index (χ0) is 12.3. The number of hydrogen-bond donors (Lipinski definition) is 1. The fraction of sp³-hybridized carbons (Fsp3) is 0.231. The van der Waals surface area contributed by atoms with Crippen LogP contribution in [-0.2, 0) is 6.54 Å². The van der Waals surface area contributed by atoms with Gasteiger partial charge in [-0.05, 0) is 37.1 Å². The van der Waals surface area contributed by atoms with Crippen molar-refractivity contribution in [3.63, 3.8) is 0 Å². The number of carbonyl (C=O) groups excluding carboxylic acids is 1. The number of pyridine rings is 1. The highest BCUT2D eigenvalue weighted by molar-refractivity contribution is 5.91. The van der Waals surface area contributed by atoms with E-state index in [0.717, 1.165) is 16.9 Å². The van der Waals surface area contributed by atoms with Crippen LogP contribution in [0, 0.1) is 13.8 Å². The number of furan rings is 1. The van der Waals surface area contributed by atoms with E-state index in [0.29, 0.717) is 12.3 Å². The molecule has 0 aliphatic heterocycles. The molecular formula is C13H14N2O2. The maximum Gasteiger partial charge on any atom is 0.287 e. The highest BCUT2D eigenvalue weighted by atomic mass is 16.3. The van der Waals surface area contributed by atoms with E-state index in [-0.39, 0.29) is 5.91 Å². The van der Waals surface area contributed by atoms with Gasteiger partial charge in [0.05, 0.1) is 0 Å². The molecule has 2 rings (SSSR count). The molecule has 0 spiro atoms. The third-order valence-corrected chi connectivity index (χ3v) is 2.57. The van der Waals surface area contributed by atoms with E-state index < -0.39 is 0 Å². The number of aryl methyl sites for hydroxylation is 2. The second-order valence-electron chi connectivity index (χ2n) is 3.89. The molecule has 0 radical (unpaired) electrons. The van der Waals surface area contributed by atoms with E-state index in [1.54, 1.807) is 18.5 Å². The fourth-order valence-electron chi connectivity index (χ4n) is 1.46. The predicted octanol–water partition coefficient (Wildman–Crippen LogP) is 2.22. The number of aromatic nitrogens is 1. The molecule has 2 heterocycles. The van der Waals surface area contributed by atoms with Gasteiger partial charge in [0.2, 0.25) is 0 Å². The number of nitrogens with zero attached hydrogens (tertiary/aromatic N) is 1. The van der Waals surface area contributed by atoms with E-state index in [1.807, 2.05) is 26.0 Å². The van der Waals surface area contributed by atoms with Crippen molar-refractivity contribution >= 4 is 5.91 Å². The van der Waals surface area contributed by atoms with E-state index >= 15 is 0 Å². The monoisotopic (exact) mass is 230 g/mol. The van der Waals surface area contributed by atoms with E-state index in [9.17, 15) is 4.79 Å². The van der Waals surface area contributed by atoms with Crippen molar-refractivity contribution in [1.29, 1.82) is 0 Å². The Morgan fingerprint density at radius 1 is 1.47 bits per heavy atom. The summed E-state index contributed by atoms with van der Waals surface area (Å²) in [6.07, 6.45) is 3.42. The van der Waals surface area contributed by atoms with Crippen molar-refractivity contribution in [3.05, 3.63) is 53.2 Å². The van der Waals surface area contributed by atoms with Crippen molar-refractivity contribution < 1.29 is 9.21 Å². The maximum absolute atomic E-state index is 11.8. The smallest absolute Gasteiger partial charge is 0.287 e. The molecule has 0 bridgehead atoms. The zero-order valence-electron chi connectivity index (χ0n) is 9.86. The summed E-state index contributed by atoms with van der Waals surface area (Å²) >= 11 is 0. The molecule has 0 atom stereocenters. The molecule has 1 N–H and O–H groups in total. The molecule has 0 aliphatic carbocycles. The van der Waals surface area contributed by atoms with E-state index in [4.69, 9.17) is 4.42 Å². The van der Waals surface area contributed by atoms with Gasteiger partial charge in [-0.2, -0.15) is 0 Å². The van der Waals surface area contributed by atoms with Gasteiger partial charge in [-0.25, -0.2) is 0 Å². The molecule has 88 valence electrons. The van der Waals surface area contributed by atoms with Gasteiger partial charge < -0.3 is 9.73 Å². The normalized spacial score (nSPS) is 10.2. The Morgan fingerprint density at radius 2 is 2.29 bits per heavy atom. The summed E-state index contributed by atoms with van der Waals surface area (Å²) in [6, 6.07) is 5.49. The summed E-state index contributed by atoms with van der Waals surface area (Å²) in [5.41, 5.74) is 1.94. The quantitative estimate of drug-likeness (QED) is 0.879. The lowest BCUT2D eigenvalue weighted by Gasteiger charge is -2.02. The Kier molecular flexibility index (Phi) is 3.23. The lowest BCUT2D eigenvalue weighted by atomic mass is 10.2. The van der Waals surface area contributed by atoms with Crippen LogP contribution in [0.2, 0.25) is 0 Å². The molecule has 2 aromatic rings. The Morgan fingerprint density at radius 3 is 2.88 bits per heavy atom. The van der Waals surface area contributed by atoms with Gasteiger partial charge >= 0.3 is 0 Å². The Bertz CT molecular complexity index is 498. The number of amides is 1. The van der Waals surface area contributed by atoms with Gasteiger partial charge in [0.15, 0.2) is 5.76 Å². The molecule has 4 nitrogen and oxygen atoms in total. The van der Waals surface area contributed by atoms with E-state index in [1.165, 1.54) is 0 Å². The number of rotatable bonds is 3. The van der Waals surface area contributed by atoms with Crippen LogP contribution < -0.4 is 5.32 Å². The van der Waals surface area contributed by atoms with Gasteiger partial charge in [0, 0.05) is 18.9 Å². The van der Waals surface area contributed by atoms with Crippen LogP contribution in [0.15, 0.2) is 35.0 Å². The Balaban J connectivity index is 1.98. The van der Waals surface area contributed by atoms with Crippen molar-refractivity contribution in [2.24, 2.45) is 0 Å². The lowest BCUT2D eigenvalue weighted by molar-refractivity contribution is 0.0922. The van der Waals surface area contributed by atoms with Gasteiger partial charge in [0.1, 0.15) is 5.76 Å². The summed E-state index contributed by atoms with van der Waals surface area (Å²) in [7, 11) is 0. The van der Waals surface area contributed by atoms with Gasteiger partial charge in [0.25, 0.3) is 5.91 Å². The van der Waals surface area contributed by atoms with Gasteiger partial charge in [-0.1, -0.05) is 6.07 Å². The summed E-state index contributed by atoms with van der Waals surface area (Å²) < 4.78 is 5.34. The van der Waals surface area contributed by atoms with E-state index in [2.05, 4.69) is 10.3 Å². The SMILES string of the molecule is Cc1cc(C(=O)NCc2cccnc2)oc1C. The van der Waals surface area contributed by atoms with Crippen LogP contribution in [0.3, 0.4) is 0 Å². The highest BCUT2D eigenvalue weighted by Crippen LogP contribution is 2.12. The fourth-order valence-corrected chi connectivity index (χ4v) is 1.46. The number of carbonyl (C=O) groups is 1. The third-order valence-electron chi connectivity index (χ3n) is 2.57. The molecule has 0 aromatic carbocycles. The van der Waals surface area contributed by atoms with Crippen molar-refractivity contribution in [2.75, 3.05) is 0 Å². The molecule has 1 amide bonds. The largest absolute Gasteiger partial charge is 0.456 e. The molecule has 0 saturated carbocycles. The molecule has 4 heteroatoms. The second kappa shape index (κ2) is 4.82. The van der Waals surface area contributed by atoms with Crippen LogP contribution in [0.25, 0.3) is 0 Å². The molecule has 0 saturated heterocycles. The minimum Gasteiger partial charge on any atom is -0.456 e. The van der Waals surface area contributed by atoms with Crippen molar-refractivity contribution in [3.8, 4) is 0 Å². The predicted molar refractivity (Wildman–Crippen MR) is 63.6 cm³/mol. The summed E-state index contributed by atoms with van der Waals surface area (Å²) in [4.78, 5) is 15.7. The average Bonchev–Trinajstić information content (AvgIpc) is 2.68. The standard InChI is InChI=1S/C13H14N2O2/c1-9-6-12(17-10(9)2)13(16)15-8-11-4-3-5-14-7-11/h3-7H,8H2,1-2H3,(H,15,16). The molecule has 2 aromatic heterocycles. The van der Waals surface area contributed by atoms with Crippen LogP contribution in [0.4, 0.5) is 0 Å². The molecular weight excluding hydrogens is 216 g/mol. The maximum atomic E-state index is 11.8. The minimum absolute atomic E-state index is 0.204. The summed E-state index contributed by atoms with van der Waals surface area (Å²) in [5, 5.41) is 2.78. The molecule has 17 heavy (non-hydrogen) atoms. The molecule has 0 fully saturated rings. The molecule has 0 aliphatic rings. The van der Waals surface area contributed by atoms with Crippen LogP contribution >= 0.6 is 0 Å². The average molecular weight is 230 g/mol. The van der Waals surface area contributed by atoms with Crippen molar-refractivity contribution in [2.45, 2.75) is 20.4 Å². The summed E-state index contributed by atoms with van der Waals surface area (Å²) in [6.45, 7) is 4.20. The minimum atomic E-state index is -0.204. The Hall–Kier alpha value is -2.10. The van der Waals surface area contributed by atoms with Crippen molar-refractivity contribution in [1.82, 2.24) is 10.3 Å². The first-order valence-electron chi connectivity index (χ1n) is 5.41. The molecule has 0 unspecified atom stereocenters. The number of nitrogens with one attached hydrogen (secondary N) is 1. The van der Waals surface area contributed by atoms with Crippen LogP contribution in [-0.4, -0.2) is 10.9 Å². The van der Waals surface area contributed by atoms with Crippen LogP contribution in [0.1, 0.15) is 27.4 Å². The third kappa shape index (κ3) is 2.72.